The molecule has 112 valence electrons. The van der Waals surface area contributed by atoms with Crippen molar-refractivity contribution < 1.29 is 18.0 Å². The molecule has 0 aliphatic carbocycles. The smallest absolute Gasteiger partial charge is 0.289 e. The monoisotopic (exact) mass is 299 g/mol. The van der Waals surface area contributed by atoms with Crippen molar-refractivity contribution in [2.45, 2.75) is 12.7 Å². The number of halogens is 3. The minimum Gasteiger partial charge on any atom is -0.289 e. The summed E-state index contributed by atoms with van der Waals surface area (Å²) in [6.07, 6.45) is -0.159. The number of nitrogens with two attached hydrogens (primary N) is 1. The second-order valence-corrected chi connectivity index (χ2v) is 4.20. The second-order valence-electron chi connectivity index (χ2n) is 4.20. The van der Waals surface area contributed by atoms with Gasteiger partial charge in [-0.2, -0.15) is 18.3 Å². The fourth-order valence-electron chi connectivity index (χ4n) is 1.80. The van der Waals surface area contributed by atoms with Gasteiger partial charge in [0.15, 0.2) is 0 Å². The maximum absolute atomic E-state index is 12.9. The highest BCUT2D eigenvalue weighted by atomic mass is 19.4. The van der Waals surface area contributed by atoms with Crippen LogP contribution in [0.3, 0.4) is 0 Å². The second kappa shape index (κ2) is 5.92. The molecule has 1 amide bonds. The Morgan fingerprint density at radius 1 is 1.48 bits per heavy atom. The summed E-state index contributed by atoms with van der Waals surface area (Å²) in [5, 5.41) is 5.24. The van der Waals surface area contributed by atoms with Crippen LogP contribution in [0, 0.1) is 0 Å². The zero-order chi connectivity index (χ0) is 15.5. The fraction of sp³-hybridized carbons (Fsp3) is 0.250. The number of hydrogen-bond donors (Lipinski definition) is 2. The quantitative estimate of drug-likeness (QED) is 0.492. The minimum atomic E-state index is -4.49. The zero-order valence-electron chi connectivity index (χ0n) is 10.8. The van der Waals surface area contributed by atoms with Crippen molar-refractivity contribution >= 4 is 11.6 Å². The first-order chi connectivity index (χ1) is 9.91. The molecule has 0 spiro atoms. The predicted octanol–water partition coefficient (Wildman–Crippen LogP) is 0.818. The highest BCUT2D eigenvalue weighted by molar-refractivity contribution is 6.43. The van der Waals surface area contributed by atoms with Crippen LogP contribution in [0.15, 0.2) is 35.6 Å². The summed E-state index contributed by atoms with van der Waals surface area (Å²) in [6.45, 7) is 0.108. The number of hydrazone groups is 1. The van der Waals surface area contributed by atoms with E-state index in [2.05, 4.69) is 10.1 Å². The molecule has 0 aromatic carbocycles. The Labute approximate surface area is 118 Å². The Morgan fingerprint density at radius 3 is 2.90 bits per heavy atom. The number of nitrogens with zero attached hydrogens (tertiary/aromatic N) is 3. The van der Waals surface area contributed by atoms with E-state index in [1.54, 1.807) is 6.08 Å². The van der Waals surface area contributed by atoms with Gasteiger partial charge in [0.2, 0.25) is 0 Å². The standard InChI is InChI=1S/C12H12F3N5O/c13-12(14,15)8-3-1-5-17-10(8)7-20-6-2-4-9(19-20)11(21)18-16/h1-5H,6-7,16H2,(H,18,21). The number of aromatic nitrogens is 1. The lowest BCUT2D eigenvalue weighted by Crippen LogP contribution is -2.38. The molecule has 0 fully saturated rings. The molecule has 0 unspecified atom stereocenters. The number of amides is 1. The summed E-state index contributed by atoms with van der Waals surface area (Å²) >= 11 is 0. The predicted molar refractivity (Wildman–Crippen MR) is 68.6 cm³/mol. The molecule has 3 N–H and O–H groups in total. The number of pyridine rings is 1. The third kappa shape index (κ3) is 3.57. The van der Waals surface area contributed by atoms with E-state index in [1.807, 2.05) is 5.43 Å². The van der Waals surface area contributed by atoms with E-state index in [-0.39, 0.29) is 24.5 Å². The average molecular weight is 299 g/mol. The first-order valence-electron chi connectivity index (χ1n) is 5.94. The summed E-state index contributed by atoms with van der Waals surface area (Å²) in [7, 11) is 0. The van der Waals surface area contributed by atoms with Crippen LogP contribution < -0.4 is 11.3 Å². The highest BCUT2D eigenvalue weighted by Crippen LogP contribution is 2.31. The number of carbonyl (C=O) groups is 1. The number of nitrogens with one attached hydrogen (secondary N) is 1. The molecule has 1 aliphatic rings. The van der Waals surface area contributed by atoms with Crippen molar-refractivity contribution in [1.82, 2.24) is 15.4 Å². The Kier molecular flexibility index (Phi) is 4.22. The van der Waals surface area contributed by atoms with Crippen LogP contribution in [0.5, 0.6) is 0 Å². The molecular formula is C12H12F3N5O. The highest BCUT2D eigenvalue weighted by Gasteiger charge is 2.34. The number of carbonyl (C=O) groups excluding carboxylic acids is 1. The molecule has 21 heavy (non-hydrogen) atoms. The van der Waals surface area contributed by atoms with E-state index >= 15 is 0 Å². The lowest BCUT2D eigenvalue weighted by atomic mass is 10.2. The molecule has 9 heteroatoms. The molecule has 1 aromatic rings. The van der Waals surface area contributed by atoms with Gasteiger partial charge in [-0.3, -0.25) is 20.2 Å². The number of alkyl halides is 3. The van der Waals surface area contributed by atoms with Gasteiger partial charge in [-0.15, -0.1) is 0 Å². The molecule has 0 radical (unpaired) electrons. The van der Waals surface area contributed by atoms with E-state index in [9.17, 15) is 18.0 Å². The Morgan fingerprint density at radius 2 is 2.24 bits per heavy atom. The first-order valence-corrected chi connectivity index (χ1v) is 5.94. The summed E-state index contributed by atoms with van der Waals surface area (Å²) in [6, 6.07) is 2.18. The molecule has 2 rings (SSSR count). The van der Waals surface area contributed by atoms with Gasteiger partial charge in [-0.25, -0.2) is 5.84 Å². The fourth-order valence-corrected chi connectivity index (χ4v) is 1.80. The number of hydrazine groups is 1. The van der Waals surface area contributed by atoms with Crippen LogP contribution in [-0.4, -0.2) is 28.2 Å². The lowest BCUT2D eigenvalue weighted by molar-refractivity contribution is -0.138. The molecule has 0 saturated carbocycles. The van der Waals surface area contributed by atoms with Crippen molar-refractivity contribution in [3.8, 4) is 0 Å². The molecule has 0 saturated heterocycles. The molecule has 6 nitrogen and oxygen atoms in total. The summed E-state index contributed by atoms with van der Waals surface area (Å²) in [5.74, 6) is 4.37. The largest absolute Gasteiger partial charge is 0.418 e. The maximum Gasteiger partial charge on any atom is 0.418 e. The first kappa shape index (κ1) is 15.0. The van der Waals surface area contributed by atoms with E-state index in [0.717, 1.165) is 6.07 Å². The van der Waals surface area contributed by atoms with Crippen molar-refractivity contribution in [1.29, 1.82) is 0 Å². The van der Waals surface area contributed by atoms with Crippen molar-refractivity contribution in [2.75, 3.05) is 6.54 Å². The normalized spacial score (nSPS) is 14.9. The van der Waals surface area contributed by atoms with Gasteiger partial charge >= 0.3 is 6.18 Å². The van der Waals surface area contributed by atoms with Crippen molar-refractivity contribution in [3.05, 3.63) is 41.7 Å². The maximum atomic E-state index is 12.9. The molecule has 1 aliphatic heterocycles. The van der Waals surface area contributed by atoms with Gasteiger partial charge in [0, 0.05) is 6.20 Å². The topological polar surface area (TPSA) is 83.6 Å². The van der Waals surface area contributed by atoms with Gasteiger partial charge in [-0.05, 0) is 18.2 Å². The number of rotatable bonds is 3. The van der Waals surface area contributed by atoms with Gasteiger partial charge in [0.25, 0.3) is 5.91 Å². The Hall–Kier alpha value is -2.42. The molecule has 2 heterocycles. The molecule has 0 bridgehead atoms. The summed E-state index contributed by atoms with van der Waals surface area (Å²) < 4.78 is 38.6. The Balaban J connectivity index is 2.22. The van der Waals surface area contributed by atoms with Crippen LogP contribution in [-0.2, 0) is 17.5 Å². The number of hydrogen-bond acceptors (Lipinski definition) is 5. The van der Waals surface area contributed by atoms with E-state index in [0.29, 0.717) is 0 Å². The van der Waals surface area contributed by atoms with E-state index < -0.39 is 17.6 Å². The van der Waals surface area contributed by atoms with E-state index in [4.69, 9.17) is 5.84 Å². The third-order valence-electron chi connectivity index (χ3n) is 2.73. The van der Waals surface area contributed by atoms with Gasteiger partial charge in [-0.1, -0.05) is 6.08 Å². The SMILES string of the molecule is NNC(=O)C1=NN(Cc2ncccc2C(F)(F)F)CC=C1. The van der Waals surface area contributed by atoms with Gasteiger partial charge in [0.1, 0.15) is 5.71 Å². The zero-order valence-corrected chi connectivity index (χ0v) is 10.8. The van der Waals surface area contributed by atoms with Crippen LogP contribution in [0.2, 0.25) is 0 Å². The van der Waals surface area contributed by atoms with Crippen molar-refractivity contribution in [2.24, 2.45) is 10.9 Å². The molecular weight excluding hydrogens is 287 g/mol. The molecule has 1 aromatic heterocycles. The lowest BCUT2D eigenvalue weighted by Gasteiger charge is -2.22. The molecule has 0 atom stereocenters. The van der Waals surface area contributed by atoms with Crippen molar-refractivity contribution in [3.63, 3.8) is 0 Å². The Bertz CT molecular complexity index is 597. The third-order valence-corrected chi connectivity index (χ3v) is 2.73. The average Bonchev–Trinajstić information content (AvgIpc) is 2.46. The summed E-state index contributed by atoms with van der Waals surface area (Å²) in [5.41, 5.74) is 0.957. The van der Waals surface area contributed by atoms with Gasteiger partial charge in [0.05, 0.1) is 24.3 Å². The van der Waals surface area contributed by atoms with Gasteiger partial charge < -0.3 is 0 Å². The minimum absolute atomic E-state index is 0.0215. The van der Waals surface area contributed by atoms with E-state index in [1.165, 1.54) is 23.3 Å². The van der Waals surface area contributed by atoms with Crippen LogP contribution in [0.25, 0.3) is 0 Å². The summed E-state index contributed by atoms with van der Waals surface area (Å²) in [4.78, 5) is 15.1. The van der Waals surface area contributed by atoms with Crippen LogP contribution in [0.1, 0.15) is 11.3 Å². The van der Waals surface area contributed by atoms with Crippen LogP contribution >= 0.6 is 0 Å². The van der Waals surface area contributed by atoms with Crippen LogP contribution in [0.4, 0.5) is 13.2 Å².